The Bertz CT molecular complexity index is 629. The maximum Gasteiger partial charge on any atom is 0.267 e. The van der Waals surface area contributed by atoms with Gasteiger partial charge in [0.2, 0.25) is 0 Å². The van der Waals surface area contributed by atoms with E-state index in [2.05, 4.69) is 10.3 Å². The van der Waals surface area contributed by atoms with Crippen molar-refractivity contribution in [1.82, 2.24) is 10.3 Å². The Morgan fingerprint density at radius 1 is 1.50 bits per heavy atom. The quantitative estimate of drug-likeness (QED) is 0.747. The number of amides is 1. The van der Waals surface area contributed by atoms with E-state index in [4.69, 9.17) is 10.5 Å². The highest BCUT2D eigenvalue weighted by molar-refractivity contribution is 5.98. The number of nitrogens with two attached hydrogens (primary N) is 1. The Labute approximate surface area is 117 Å². The van der Waals surface area contributed by atoms with Gasteiger partial charge < -0.3 is 20.8 Å². The average molecular weight is 273 g/mol. The van der Waals surface area contributed by atoms with Crippen LogP contribution in [0.1, 0.15) is 23.8 Å². The standard InChI is InChI=1S/C15H19N3O2/c1-9(10-4-5-20-8-10)17-15(19)14-7-11-6-12(16)2-3-13(11)18-14/h2-3,6-7,9-10,18H,4-5,8,16H2,1H3,(H,17,19). The van der Waals surface area contributed by atoms with E-state index in [1.807, 2.05) is 31.2 Å². The summed E-state index contributed by atoms with van der Waals surface area (Å²) in [6.45, 7) is 3.54. The van der Waals surface area contributed by atoms with E-state index in [0.717, 1.165) is 30.5 Å². The molecule has 1 aliphatic rings. The first kappa shape index (κ1) is 13.0. The molecule has 1 aliphatic heterocycles. The molecular weight excluding hydrogens is 254 g/mol. The van der Waals surface area contributed by atoms with Crippen molar-refractivity contribution in [3.05, 3.63) is 30.0 Å². The molecule has 2 heterocycles. The third-order valence-corrected chi connectivity index (χ3v) is 3.92. The lowest BCUT2D eigenvalue weighted by Crippen LogP contribution is -2.38. The van der Waals surface area contributed by atoms with Crippen molar-refractivity contribution in [3.8, 4) is 0 Å². The number of carbonyl (C=O) groups excluding carboxylic acids is 1. The van der Waals surface area contributed by atoms with Crippen LogP contribution in [0, 0.1) is 5.92 Å². The zero-order chi connectivity index (χ0) is 14.1. The summed E-state index contributed by atoms with van der Waals surface area (Å²) in [7, 11) is 0. The molecule has 0 spiro atoms. The Morgan fingerprint density at radius 3 is 3.10 bits per heavy atom. The number of rotatable bonds is 3. The second kappa shape index (κ2) is 5.17. The lowest BCUT2D eigenvalue weighted by molar-refractivity contribution is 0.0918. The summed E-state index contributed by atoms with van der Waals surface area (Å²) in [5.41, 5.74) is 7.92. The molecule has 1 aromatic heterocycles. The Kier molecular flexibility index (Phi) is 3.36. The van der Waals surface area contributed by atoms with Crippen LogP contribution in [0.3, 0.4) is 0 Å². The van der Waals surface area contributed by atoms with Crippen LogP contribution in [-0.4, -0.2) is 30.1 Å². The van der Waals surface area contributed by atoms with Crippen LogP contribution < -0.4 is 11.1 Å². The molecule has 20 heavy (non-hydrogen) atoms. The van der Waals surface area contributed by atoms with Gasteiger partial charge in [-0.1, -0.05) is 0 Å². The molecule has 2 atom stereocenters. The molecule has 1 amide bonds. The van der Waals surface area contributed by atoms with Crippen molar-refractivity contribution in [3.63, 3.8) is 0 Å². The molecular formula is C15H19N3O2. The third-order valence-electron chi connectivity index (χ3n) is 3.92. The monoisotopic (exact) mass is 273 g/mol. The fourth-order valence-corrected chi connectivity index (χ4v) is 2.62. The highest BCUT2D eigenvalue weighted by Gasteiger charge is 2.24. The number of H-pyrrole nitrogens is 1. The van der Waals surface area contributed by atoms with E-state index in [0.29, 0.717) is 17.3 Å². The first-order valence-corrected chi connectivity index (χ1v) is 6.90. The molecule has 2 aromatic rings. The van der Waals surface area contributed by atoms with Gasteiger partial charge in [-0.15, -0.1) is 0 Å². The van der Waals surface area contributed by atoms with Crippen LogP contribution in [-0.2, 0) is 4.74 Å². The van der Waals surface area contributed by atoms with Crippen molar-refractivity contribution in [1.29, 1.82) is 0 Å². The van der Waals surface area contributed by atoms with Gasteiger partial charge in [-0.2, -0.15) is 0 Å². The second-order valence-corrected chi connectivity index (χ2v) is 5.42. The summed E-state index contributed by atoms with van der Waals surface area (Å²) in [5, 5.41) is 3.98. The summed E-state index contributed by atoms with van der Waals surface area (Å²) in [6.07, 6.45) is 1.00. The number of nitrogen functional groups attached to an aromatic ring is 1. The number of benzene rings is 1. The van der Waals surface area contributed by atoms with E-state index in [1.165, 1.54) is 0 Å². The van der Waals surface area contributed by atoms with E-state index < -0.39 is 0 Å². The molecule has 1 fully saturated rings. The van der Waals surface area contributed by atoms with Crippen molar-refractivity contribution in [2.45, 2.75) is 19.4 Å². The van der Waals surface area contributed by atoms with Crippen molar-refractivity contribution >= 4 is 22.5 Å². The normalized spacial score (nSPS) is 20.1. The lowest BCUT2D eigenvalue weighted by atomic mass is 10.0. The molecule has 0 saturated carbocycles. The summed E-state index contributed by atoms with van der Waals surface area (Å²) >= 11 is 0. The number of ether oxygens (including phenoxy) is 1. The van der Waals surface area contributed by atoms with Gasteiger partial charge in [0.15, 0.2) is 0 Å². The van der Waals surface area contributed by atoms with Gasteiger partial charge in [0, 0.05) is 35.2 Å². The fourth-order valence-electron chi connectivity index (χ4n) is 2.62. The van der Waals surface area contributed by atoms with E-state index in [1.54, 1.807) is 0 Å². The fraction of sp³-hybridized carbons (Fsp3) is 0.400. The minimum absolute atomic E-state index is 0.0841. The van der Waals surface area contributed by atoms with Gasteiger partial charge in [0.05, 0.1) is 6.61 Å². The number of nitrogens with one attached hydrogen (secondary N) is 2. The highest BCUT2D eigenvalue weighted by Crippen LogP contribution is 2.20. The Hall–Kier alpha value is -2.01. The number of anilines is 1. The number of carbonyl (C=O) groups is 1. The molecule has 0 aliphatic carbocycles. The molecule has 1 aromatic carbocycles. The summed E-state index contributed by atoms with van der Waals surface area (Å²) in [5.74, 6) is 0.318. The molecule has 4 N–H and O–H groups in total. The van der Waals surface area contributed by atoms with Crippen molar-refractivity contribution in [2.75, 3.05) is 18.9 Å². The maximum atomic E-state index is 12.3. The number of fused-ring (bicyclic) bond motifs is 1. The topological polar surface area (TPSA) is 80.1 Å². The zero-order valence-corrected chi connectivity index (χ0v) is 11.5. The minimum Gasteiger partial charge on any atom is -0.399 e. The molecule has 2 unspecified atom stereocenters. The van der Waals surface area contributed by atoms with Crippen LogP contribution in [0.5, 0.6) is 0 Å². The number of hydrogen-bond donors (Lipinski definition) is 3. The zero-order valence-electron chi connectivity index (χ0n) is 11.5. The molecule has 0 radical (unpaired) electrons. The van der Waals surface area contributed by atoms with Gasteiger partial charge >= 0.3 is 0 Å². The van der Waals surface area contributed by atoms with Crippen LogP contribution in [0.15, 0.2) is 24.3 Å². The summed E-state index contributed by atoms with van der Waals surface area (Å²) in [6, 6.07) is 7.51. The number of aromatic nitrogens is 1. The van der Waals surface area contributed by atoms with Crippen LogP contribution in [0.4, 0.5) is 5.69 Å². The lowest BCUT2D eigenvalue weighted by Gasteiger charge is -2.18. The molecule has 1 saturated heterocycles. The first-order valence-electron chi connectivity index (χ1n) is 6.90. The van der Waals surface area contributed by atoms with Crippen molar-refractivity contribution < 1.29 is 9.53 Å². The average Bonchev–Trinajstić information content (AvgIpc) is 3.07. The van der Waals surface area contributed by atoms with Gasteiger partial charge in [-0.05, 0) is 37.6 Å². The van der Waals surface area contributed by atoms with Gasteiger partial charge in [-0.3, -0.25) is 4.79 Å². The molecule has 106 valence electrons. The van der Waals surface area contributed by atoms with Gasteiger partial charge in [0.25, 0.3) is 5.91 Å². The predicted octanol–water partition coefficient (Wildman–Crippen LogP) is 1.90. The van der Waals surface area contributed by atoms with E-state index in [-0.39, 0.29) is 11.9 Å². The van der Waals surface area contributed by atoms with Crippen molar-refractivity contribution in [2.24, 2.45) is 5.92 Å². The SMILES string of the molecule is CC(NC(=O)c1cc2cc(N)ccc2[nH]1)C1CCOC1. The summed E-state index contributed by atoms with van der Waals surface area (Å²) in [4.78, 5) is 15.4. The number of aromatic amines is 1. The molecule has 0 bridgehead atoms. The van der Waals surface area contributed by atoms with Gasteiger partial charge in [-0.25, -0.2) is 0 Å². The maximum absolute atomic E-state index is 12.3. The smallest absolute Gasteiger partial charge is 0.267 e. The van der Waals surface area contributed by atoms with E-state index >= 15 is 0 Å². The third kappa shape index (κ3) is 2.49. The second-order valence-electron chi connectivity index (χ2n) is 5.42. The molecule has 5 nitrogen and oxygen atoms in total. The van der Waals surface area contributed by atoms with Crippen LogP contribution in [0.2, 0.25) is 0 Å². The van der Waals surface area contributed by atoms with Crippen LogP contribution >= 0.6 is 0 Å². The predicted molar refractivity (Wildman–Crippen MR) is 78.6 cm³/mol. The largest absolute Gasteiger partial charge is 0.399 e. The highest BCUT2D eigenvalue weighted by atomic mass is 16.5. The Morgan fingerprint density at radius 2 is 2.35 bits per heavy atom. The number of hydrogen-bond acceptors (Lipinski definition) is 3. The van der Waals surface area contributed by atoms with E-state index in [9.17, 15) is 4.79 Å². The first-order chi connectivity index (χ1) is 9.63. The molecule has 3 rings (SSSR count). The minimum atomic E-state index is -0.0841. The van der Waals surface area contributed by atoms with Crippen LogP contribution in [0.25, 0.3) is 10.9 Å². The molecule has 5 heteroatoms. The Balaban J connectivity index is 1.74. The van der Waals surface area contributed by atoms with Gasteiger partial charge in [0.1, 0.15) is 5.69 Å². The summed E-state index contributed by atoms with van der Waals surface area (Å²) < 4.78 is 5.35.